The largest absolute Gasteiger partial charge is 0.366 e. The van der Waals surface area contributed by atoms with Gasteiger partial charge in [-0.2, -0.15) is 0 Å². The van der Waals surface area contributed by atoms with Gasteiger partial charge in [-0.05, 0) is 23.8 Å². The molecule has 0 spiro atoms. The van der Waals surface area contributed by atoms with Crippen LogP contribution in [0.15, 0.2) is 5.38 Å². The van der Waals surface area contributed by atoms with Crippen molar-refractivity contribution in [3.8, 4) is 0 Å². The average Bonchev–Trinajstić information content (AvgIpc) is 2.69. The van der Waals surface area contributed by atoms with Crippen LogP contribution in [-0.2, 0) is 6.54 Å². The quantitative estimate of drug-likeness (QED) is 0.479. The predicted octanol–water partition coefficient (Wildman–Crippen LogP) is -0.278. The van der Waals surface area contributed by atoms with Crippen molar-refractivity contribution in [2.45, 2.75) is 6.54 Å². The molecule has 0 radical (unpaired) electrons. The molecule has 0 bridgehead atoms. The maximum absolute atomic E-state index is 4.91. The second kappa shape index (κ2) is 6.63. The molecule has 0 aliphatic rings. The highest BCUT2D eigenvalue weighted by atomic mass is 32.1. The molecule has 0 atom stereocenters. The summed E-state index contributed by atoms with van der Waals surface area (Å²) >= 11 is 6.28. The molecule has 5 nitrogen and oxygen atoms in total. The van der Waals surface area contributed by atoms with Crippen LogP contribution in [0, 0.1) is 0 Å². The lowest BCUT2D eigenvalue weighted by Gasteiger charge is -2.06. The van der Waals surface area contributed by atoms with E-state index in [1.165, 1.54) is 11.5 Å². The first kappa shape index (κ1) is 11.3. The lowest BCUT2D eigenvalue weighted by molar-refractivity contribution is 0.659. The standard InChI is InChI=1S/C7H13N5S2/c1-8-7(13)10-3-2-9-4-6-5-14-12-11-6/h5,9H,2-4H2,1H3,(H2,8,10,13). The zero-order chi connectivity index (χ0) is 10.2. The Kier molecular flexibility index (Phi) is 5.35. The Morgan fingerprint density at radius 2 is 2.43 bits per heavy atom. The zero-order valence-electron chi connectivity index (χ0n) is 7.91. The Morgan fingerprint density at radius 1 is 1.57 bits per heavy atom. The minimum Gasteiger partial charge on any atom is -0.366 e. The molecule has 1 heterocycles. The lowest BCUT2D eigenvalue weighted by Crippen LogP contribution is -2.37. The number of nitrogens with one attached hydrogen (secondary N) is 3. The molecule has 1 aromatic rings. The SMILES string of the molecule is CNC(=S)NCCNCc1csnn1. The van der Waals surface area contributed by atoms with E-state index in [1.54, 1.807) is 7.05 Å². The van der Waals surface area contributed by atoms with Crippen LogP contribution >= 0.6 is 23.8 Å². The van der Waals surface area contributed by atoms with Crippen molar-refractivity contribution < 1.29 is 0 Å². The fraction of sp³-hybridized carbons (Fsp3) is 0.571. The highest BCUT2D eigenvalue weighted by Crippen LogP contribution is 1.94. The lowest BCUT2D eigenvalue weighted by atomic mass is 10.5. The van der Waals surface area contributed by atoms with Gasteiger partial charge in [0.05, 0.1) is 5.69 Å². The van der Waals surface area contributed by atoms with E-state index in [2.05, 4.69) is 25.5 Å². The van der Waals surface area contributed by atoms with Crippen molar-refractivity contribution in [3.05, 3.63) is 11.1 Å². The van der Waals surface area contributed by atoms with Gasteiger partial charge in [0.1, 0.15) is 0 Å². The summed E-state index contributed by atoms with van der Waals surface area (Å²) in [4.78, 5) is 0. The maximum atomic E-state index is 4.91. The van der Waals surface area contributed by atoms with E-state index in [0.29, 0.717) is 5.11 Å². The van der Waals surface area contributed by atoms with E-state index in [4.69, 9.17) is 12.2 Å². The fourth-order valence-corrected chi connectivity index (χ4v) is 1.38. The normalized spacial score (nSPS) is 9.79. The first-order chi connectivity index (χ1) is 6.83. The van der Waals surface area contributed by atoms with Gasteiger partial charge in [-0.1, -0.05) is 4.49 Å². The second-order valence-corrected chi connectivity index (χ2v) is 3.60. The minimum absolute atomic E-state index is 0.669. The summed E-state index contributed by atoms with van der Waals surface area (Å²) < 4.78 is 3.77. The summed E-state index contributed by atoms with van der Waals surface area (Å²) in [6, 6.07) is 0. The molecular weight excluding hydrogens is 218 g/mol. The van der Waals surface area contributed by atoms with Gasteiger partial charge >= 0.3 is 0 Å². The predicted molar refractivity (Wildman–Crippen MR) is 61.3 cm³/mol. The molecule has 14 heavy (non-hydrogen) atoms. The first-order valence-electron chi connectivity index (χ1n) is 4.25. The van der Waals surface area contributed by atoms with Crippen LogP contribution in [0.5, 0.6) is 0 Å². The number of hydrogen-bond acceptors (Lipinski definition) is 5. The number of rotatable bonds is 5. The molecule has 0 aromatic carbocycles. The molecule has 7 heteroatoms. The third-order valence-electron chi connectivity index (χ3n) is 1.53. The van der Waals surface area contributed by atoms with Gasteiger partial charge in [-0.3, -0.25) is 0 Å². The number of nitrogens with zero attached hydrogens (tertiary/aromatic N) is 2. The summed E-state index contributed by atoms with van der Waals surface area (Å²) in [5.41, 5.74) is 0.978. The molecule has 0 aliphatic carbocycles. The third kappa shape index (κ3) is 4.45. The van der Waals surface area contributed by atoms with Gasteiger partial charge in [0.2, 0.25) is 0 Å². The minimum atomic E-state index is 0.669. The van der Waals surface area contributed by atoms with E-state index in [0.717, 1.165) is 25.3 Å². The molecule has 3 N–H and O–H groups in total. The summed E-state index contributed by atoms with van der Waals surface area (Å²) in [7, 11) is 1.80. The van der Waals surface area contributed by atoms with Crippen molar-refractivity contribution in [1.29, 1.82) is 0 Å². The smallest absolute Gasteiger partial charge is 0.166 e. The summed E-state index contributed by atoms with van der Waals surface area (Å²) in [6.45, 7) is 2.40. The highest BCUT2D eigenvalue weighted by Gasteiger charge is 1.94. The molecule has 0 saturated carbocycles. The van der Waals surface area contributed by atoms with Gasteiger partial charge in [-0.25, -0.2) is 0 Å². The maximum Gasteiger partial charge on any atom is 0.166 e. The molecule has 1 aromatic heterocycles. The average molecular weight is 231 g/mol. The van der Waals surface area contributed by atoms with E-state index in [9.17, 15) is 0 Å². The van der Waals surface area contributed by atoms with Gasteiger partial charge in [0.15, 0.2) is 5.11 Å². The van der Waals surface area contributed by atoms with Crippen LogP contribution in [0.3, 0.4) is 0 Å². The number of hydrogen-bond donors (Lipinski definition) is 3. The highest BCUT2D eigenvalue weighted by molar-refractivity contribution is 7.80. The van der Waals surface area contributed by atoms with Gasteiger partial charge in [0, 0.05) is 32.1 Å². The Hall–Kier alpha value is -0.790. The Morgan fingerprint density at radius 3 is 3.07 bits per heavy atom. The third-order valence-corrected chi connectivity index (χ3v) is 2.43. The molecular formula is C7H13N5S2. The van der Waals surface area contributed by atoms with Gasteiger partial charge in [0.25, 0.3) is 0 Å². The monoisotopic (exact) mass is 231 g/mol. The number of aromatic nitrogens is 2. The molecule has 78 valence electrons. The molecule has 0 fully saturated rings. The van der Waals surface area contributed by atoms with Crippen molar-refractivity contribution in [2.24, 2.45) is 0 Å². The fourth-order valence-electron chi connectivity index (χ4n) is 0.830. The first-order valence-corrected chi connectivity index (χ1v) is 5.49. The molecule has 0 amide bonds. The Labute approximate surface area is 92.5 Å². The van der Waals surface area contributed by atoms with Crippen molar-refractivity contribution >= 4 is 28.9 Å². The van der Waals surface area contributed by atoms with Crippen molar-refractivity contribution in [3.63, 3.8) is 0 Å². The van der Waals surface area contributed by atoms with Gasteiger partial charge in [-0.15, -0.1) is 5.10 Å². The van der Waals surface area contributed by atoms with Crippen molar-refractivity contribution in [1.82, 2.24) is 25.5 Å². The van der Waals surface area contributed by atoms with Crippen LogP contribution in [0.2, 0.25) is 0 Å². The van der Waals surface area contributed by atoms with Crippen LogP contribution in [0.4, 0.5) is 0 Å². The Bertz CT molecular complexity index is 261. The van der Waals surface area contributed by atoms with E-state index in [-0.39, 0.29) is 0 Å². The molecule has 0 aliphatic heterocycles. The van der Waals surface area contributed by atoms with E-state index < -0.39 is 0 Å². The topological polar surface area (TPSA) is 61.9 Å². The van der Waals surface area contributed by atoms with Gasteiger partial charge < -0.3 is 16.0 Å². The van der Waals surface area contributed by atoms with E-state index >= 15 is 0 Å². The number of thiocarbonyl (C=S) groups is 1. The molecule has 0 unspecified atom stereocenters. The van der Waals surface area contributed by atoms with Crippen LogP contribution < -0.4 is 16.0 Å². The van der Waals surface area contributed by atoms with Crippen LogP contribution in [0.1, 0.15) is 5.69 Å². The molecule has 0 saturated heterocycles. The van der Waals surface area contributed by atoms with E-state index in [1.807, 2.05) is 5.38 Å². The van der Waals surface area contributed by atoms with Crippen LogP contribution in [0.25, 0.3) is 0 Å². The summed E-state index contributed by atoms with van der Waals surface area (Å²) in [5.74, 6) is 0. The Balaban J connectivity index is 1.97. The van der Waals surface area contributed by atoms with Crippen molar-refractivity contribution in [2.75, 3.05) is 20.1 Å². The second-order valence-electron chi connectivity index (χ2n) is 2.58. The molecule has 1 rings (SSSR count). The summed E-state index contributed by atoms with van der Waals surface area (Å²) in [6.07, 6.45) is 0. The summed E-state index contributed by atoms with van der Waals surface area (Å²) in [5, 5.41) is 15.6. The van der Waals surface area contributed by atoms with Crippen LogP contribution in [-0.4, -0.2) is 34.8 Å². The zero-order valence-corrected chi connectivity index (χ0v) is 9.54.